The molecule has 1 unspecified atom stereocenters. The molecule has 0 saturated heterocycles. The van der Waals surface area contributed by atoms with Crippen LogP contribution in [0.5, 0.6) is 11.5 Å². The van der Waals surface area contributed by atoms with Crippen molar-refractivity contribution in [1.29, 1.82) is 0 Å². The molecule has 0 aromatic heterocycles. The van der Waals surface area contributed by atoms with E-state index in [-0.39, 0.29) is 0 Å². The molecule has 2 aromatic rings. The van der Waals surface area contributed by atoms with Crippen LogP contribution in [0.1, 0.15) is 30.9 Å². The summed E-state index contributed by atoms with van der Waals surface area (Å²) < 4.78 is 11.2. The van der Waals surface area contributed by atoms with Crippen LogP contribution in [0.25, 0.3) is 0 Å². The van der Waals surface area contributed by atoms with Gasteiger partial charge in [0, 0.05) is 0 Å². The SMILES string of the molecule is CCOc1ccc(OCc2ccc(C(C)CN)cc2)cc1. The Bertz CT molecular complexity index is 534. The predicted molar refractivity (Wildman–Crippen MR) is 85.9 cm³/mol. The zero-order valence-electron chi connectivity index (χ0n) is 12.7. The third-order valence-electron chi connectivity index (χ3n) is 3.44. The molecule has 0 spiro atoms. The van der Waals surface area contributed by atoms with Gasteiger partial charge in [-0.3, -0.25) is 0 Å². The van der Waals surface area contributed by atoms with Gasteiger partial charge in [-0.2, -0.15) is 0 Å². The van der Waals surface area contributed by atoms with Gasteiger partial charge >= 0.3 is 0 Å². The van der Waals surface area contributed by atoms with Crippen molar-refractivity contribution >= 4 is 0 Å². The standard InChI is InChI=1S/C18H23NO2/c1-3-20-17-8-10-18(11-9-17)21-13-15-4-6-16(7-5-15)14(2)12-19/h4-11,14H,3,12-13,19H2,1-2H3. The molecule has 3 nitrogen and oxygen atoms in total. The van der Waals surface area contributed by atoms with E-state index in [9.17, 15) is 0 Å². The van der Waals surface area contributed by atoms with Crippen LogP contribution < -0.4 is 15.2 Å². The first-order valence-corrected chi connectivity index (χ1v) is 7.37. The van der Waals surface area contributed by atoms with Crippen LogP contribution in [0.2, 0.25) is 0 Å². The highest BCUT2D eigenvalue weighted by Gasteiger charge is 2.03. The van der Waals surface area contributed by atoms with Gasteiger partial charge in [-0.05, 0) is 54.8 Å². The molecule has 0 saturated carbocycles. The van der Waals surface area contributed by atoms with E-state index >= 15 is 0 Å². The predicted octanol–water partition coefficient (Wildman–Crippen LogP) is 3.73. The smallest absolute Gasteiger partial charge is 0.120 e. The quantitative estimate of drug-likeness (QED) is 0.843. The van der Waals surface area contributed by atoms with Crippen LogP contribution in [-0.4, -0.2) is 13.2 Å². The summed E-state index contributed by atoms with van der Waals surface area (Å²) in [5.41, 5.74) is 8.09. The average molecular weight is 285 g/mol. The maximum absolute atomic E-state index is 5.77. The Kier molecular flexibility index (Phi) is 5.64. The molecule has 0 aliphatic carbocycles. The van der Waals surface area contributed by atoms with Gasteiger partial charge in [0.05, 0.1) is 6.61 Å². The fraction of sp³-hybridized carbons (Fsp3) is 0.333. The fourth-order valence-corrected chi connectivity index (χ4v) is 2.04. The fourth-order valence-electron chi connectivity index (χ4n) is 2.04. The Hall–Kier alpha value is -2.00. The molecule has 0 bridgehead atoms. The molecule has 21 heavy (non-hydrogen) atoms. The lowest BCUT2D eigenvalue weighted by Crippen LogP contribution is -2.08. The summed E-state index contributed by atoms with van der Waals surface area (Å²) >= 11 is 0. The summed E-state index contributed by atoms with van der Waals surface area (Å²) in [6.45, 7) is 6.01. The van der Waals surface area contributed by atoms with Crippen LogP contribution in [0.3, 0.4) is 0 Å². The van der Waals surface area contributed by atoms with E-state index in [4.69, 9.17) is 15.2 Å². The molecule has 0 radical (unpaired) electrons. The maximum atomic E-state index is 5.77. The largest absolute Gasteiger partial charge is 0.494 e. The molecule has 1 atom stereocenters. The lowest BCUT2D eigenvalue weighted by atomic mass is 10.0. The van der Waals surface area contributed by atoms with Crippen LogP contribution >= 0.6 is 0 Å². The van der Waals surface area contributed by atoms with E-state index in [1.165, 1.54) is 5.56 Å². The van der Waals surface area contributed by atoms with Crippen molar-refractivity contribution in [2.45, 2.75) is 26.4 Å². The summed E-state index contributed by atoms with van der Waals surface area (Å²) in [5.74, 6) is 2.11. The van der Waals surface area contributed by atoms with E-state index < -0.39 is 0 Å². The zero-order valence-corrected chi connectivity index (χ0v) is 12.7. The van der Waals surface area contributed by atoms with Gasteiger partial charge in [-0.1, -0.05) is 31.2 Å². The van der Waals surface area contributed by atoms with Gasteiger partial charge in [0.15, 0.2) is 0 Å². The molecule has 0 aliphatic rings. The van der Waals surface area contributed by atoms with Crippen molar-refractivity contribution < 1.29 is 9.47 Å². The molecule has 0 aliphatic heterocycles. The lowest BCUT2D eigenvalue weighted by Gasteiger charge is -2.11. The number of ether oxygens (including phenoxy) is 2. The molecule has 112 valence electrons. The Balaban J connectivity index is 1.90. The van der Waals surface area contributed by atoms with Crippen molar-refractivity contribution in [3.63, 3.8) is 0 Å². The van der Waals surface area contributed by atoms with Gasteiger partial charge in [0.25, 0.3) is 0 Å². The maximum Gasteiger partial charge on any atom is 0.120 e. The summed E-state index contributed by atoms with van der Waals surface area (Å²) in [6, 6.07) is 16.1. The Morgan fingerprint density at radius 2 is 1.48 bits per heavy atom. The molecule has 0 amide bonds. The second-order valence-corrected chi connectivity index (χ2v) is 5.07. The summed E-state index contributed by atoms with van der Waals surface area (Å²) in [7, 11) is 0. The highest BCUT2D eigenvalue weighted by Crippen LogP contribution is 2.19. The van der Waals surface area contributed by atoms with E-state index in [0.29, 0.717) is 25.7 Å². The first-order chi connectivity index (χ1) is 10.2. The second-order valence-electron chi connectivity index (χ2n) is 5.07. The summed E-state index contributed by atoms with van der Waals surface area (Å²) in [4.78, 5) is 0. The van der Waals surface area contributed by atoms with Crippen molar-refractivity contribution in [2.24, 2.45) is 5.73 Å². The zero-order chi connectivity index (χ0) is 15.1. The number of benzene rings is 2. The third kappa shape index (κ3) is 4.50. The van der Waals surface area contributed by atoms with Crippen molar-refractivity contribution in [1.82, 2.24) is 0 Å². The van der Waals surface area contributed by atoms with Crippen LogP contribution in [0.15, 0.2) is 48.5 Å². The van der Waals surface area contributed by atoms with Gasteiger partial charge in [-0.15, -0.1) is 0 Å². The van der Waals surface area contributed by atoms with E-state index in [0.717, 1.165) is 17.1 Å². The molecule has 2 rings (SSSR count). The molecular weight excluding hydrogens is 262 g/mol. The normalized spacial score (nSPS) is 12.0. The average Bonchev–Trinajstić information content (AvgIpc) is 2.54. The highest BCUT2D eigenvalue weighted by molar-refractivity contribution is 5.32. The van der Waals surface area contributed by atoms with Crippen LogP contribution in [-0.2, 0) is 6.61 Å². The molecule has 2 N–H and O–H groups in total. The Morgan fingerprint density at radius 3 is 2.00 bits per heavy atom. The molecule has 3 heteroatoms. The topological polar surface area (TPSA) is 44.5 Å². The first-order valence-electron chi connectivity index (χ1n) is 7.37. The summed E-state index contributed by atoms with van der Waals surface area (Å²) in [6.07, 6.45) is 0. The number of nitrogens with two attached hydrogens (primary N) is 1. The number of rotatable bonds is 7. The van der Waals surface area contributed by atoms with Crippen LogP contribution in [0, 0.1) is 0 Å². The minimum absolute atomic E-state index is 0.395. The monoisotopic (exact) mass is 285 g/mol. The number of hydrogen-bond acceptors (Lipinski definition) is 3. The van der Waals surface area contributed by atoms with Crippen molar-refractivity contribution in [2.75, 3.05) is 13.2 Å². The minimum Gasteiger partial charge on any atom is -0.494 e. The van der Waals surface area contributed by atoms with Crippen molar-refractivity contribution in [3.8, 4) is 11.5 Å². The summed E-state index contributed by atoms with van der Waals surface area (Å²) in [5, 5.41) is 0. The van der Waals surface area contributed by atoms with Gasteiger partial charge < -0.3 is 15.2 Å². The molecule has 0 heterocycles. The minimum atomic E-state index is 0.395. The second kappa shape index (κ2) is 7.70. The molecule has 2 aromatic carbocycles. The van der Waals surface area contributed by atoms with E-state index in [1.54, 1.807) is 0 Å². The van der Waals surface area contributed by atoms with Crippen molar-refractivity contribution in [3.05, 3.63) is 59.7 Å². The lowest BCUT2D eigenvalue weighted by molar-refractivity contribution is 0.304. The molecule has 0 fully saturated rings. The highest BCUT2D eigenvalue weighted by atomic mass is 16.5. The van der Waals surface area contributed by atoms with E-state index in [1.807, 2.05) is 31.2 Å². The van der Waals surface area contributed by atoms with Gasteiger partial charge in [-0.25, -0.2) is 0 Å². The van der Waals surface area contributed by atoms with Crippen LogP contribution in [0.4, 0.5) is 0 Å². The van der Waals surface area contributed by atoms with Gasteiger partial charge in [0.2, 0.25) is 0 Å². The number of hydrogen-bond donors (Lipinski definition) is 1. The third-order valence-corrected chi connectivity index (χ3v) is 3.44. The van der Waals surface area contributed by atoms with Gasteiger partial charge in [0.1, 0.15) is 18.1 Å². The molecular formula is C18H23NO2. The van der Waals surface area contributed by atoms with E-state index in [2.05, 4.69) is 31.2 Å². The first kappa shape index (κ1) is 15.4. The Morgan fingerprint density at radius 1 is 0.905 bits per heavy atom. The Labute approximate surface area is 126 Å².